The monoisotopic (exact) mass is 523 g/mol. The Balaban J connectivity index is 1.38. The summed E-state index contributed by atoms with van der Waals surface area (Å²) < 4.78 is 7.07. The molecule has 3 N–H and O–H groups in total. The predicted octanol–water partition coefficient (Wildman–Crippen LogP) is 3.81. The highest BCUT2D eigenvalue weighted by Crippen LogP contribution is 2.53. The van der Waals surface area contributed by atoms with E-state index in [2.05, 4.69) is 15.3 Å². The lowest BCUT2D eigenvalue weighted by Gasteiger charge is -2.33. The Bertz CT molecular complexity index is 1560. The number of nitrogens with two attached hydrogens (primary N) is 1. The molecule has 10 nitrogen and oxygen atoms in total. The number of methoxy groups -OCH3 is 1. The molecule has 10 heteroatoms. The van der Waals surface area contributed by atoms with Crippen molar-refractivity contribution in [3.05, 3.63) is 84.6 Å². The topological polar surface area (TPSA) is 128 Å². The van der Waals surface area contributed by atoms with Crippen LogP contribution >= 0.6 is 0 Å². The van der Waals surface area contributed by atoms with E-state index in [-0.39, 0.29) is 17.9 Å². The second-order valence-electron chi connectivity index (χ2n) is 9.89. The third-order valence-electron chi connectivity index (χ3n) is 7.70. The number of ether oxygens (including phenoxy) is 1. The fourth-order valence-electron chi connectivity index (χ4n) is 5.97. The Labute approximate surface area is 225 Å². The van der Waals surface area contributed by atoms with E-state index in [0.717, 1.165) is 37.1 Å². The number of benzene rings is 1. The number of nitrogen functional groups attached to an aromatic ring is 1. The van der Waals surface area contributed by atoms with Gasteiger partial charge >= 0.3 is 0 Å². The lowest BCUT2D eigenvalue weighted by atomic mass is 9.87. The molecule has 1 aromatic carbocycles. The van der Waals surface area contributed by atoms with Gasteiger partial charge in [0.25, 0.3) is 5.91 Å². The molecule has 0 radical (unpaired) electrons. The molecule has 0 unspecified atom stereocenters. The zero-order valence-electron chi connectivity index (χ0n) is 21.6. The molecule has 2 fully saturated rings. The standard InChI is InChI=1S/C29H29N7O3/c1-39-18-4-6-23(37)36-21-11-13-29(36,14-12-21)28-34-24(25-26(30)32-16-17-35(25)28)19-7-9-20(10-8-19)27(38)33-22-5-2-3-15-31-22/h2-10,15-17,21H,11-14,18H2,1H3,(H2,30,32)(H,31,33,38)/b6-4+. The summed E-state index contributed by atoms with van der Waals surface area (Å²) in [5, 5.41) is 2.80. The summed E-state index contributed by atoms with van der Waals surface area (Å²) >= 11 is 0. The van der Waals surface area contributed by atoms with Gasteiger partial charge < -0.3 is 20.7 Å². The molecule has 2 saturated heterocycles. The molecule has 4 aromatic rings. The minimum atomic E-state index is -0.531. The molecule has 6 rings (SSSR count). The van der Waals surface area contributed by atoms with E-state index in [1.54, 1.807) is 55.9 Å². The number of anilines is 2. The second kappa shape index (κ2) is 9.95. The molecule has 3 aromatic heterocycles. The maximum absolute atomic E-state index is 13.3. The number of nitrogens with zero attached hydrogens (tertiary/aromatic N) is 5. The van der Waals surface area contributed by atoms with E-state index in [9.17, 15) is 9.59 Å². The molecule has 0 spiro atoms. The molecule has 0 aliphatic carbocycles. The van der Waals surface area contributed by atoms with E-state index in [1.165, 1.54) is 0 Å². The van der Waals surface area contributed by atoms with Crippen LogP contribution in [0.15, 0.2) is 73.2 Å². The van der Waals surface area contributed by atoms with Gasteiger partial charge in [0.1, 0.15) is 34.2 Å². The van der Waals surface area contributed by atoms with Crippen LogP contribution in [0.5, 0.6) is 0 Å². The van der Waals surface area contributed by atoms with Crippen LogP contribution in [-0.4, -0.2) is 55.8 Å². The number of nitrogens with one attached hydrogen (secondary N) is 1. The highest BCUT2D eigenvalue weighted by molar-refractivity contribution is 6.04. The molecule has 39 heavy (non-hydrogen) atoms. The first-order valence-corrected chi connectivity index (χ1v) is 13.0. The minimum absolute atomic E-state index is 0.0318. The van der Waals surface area contributed by atoms with Gasteiger partial charge in [0.05, 0.1) is 6.61 Å². The fraction of sp³-hybridized carbons (Fsp3) is 0.276. The van der Waals surface area contributed by atoms with E-state index in [4.69, 9.17) is 15.5 Å². The van der Waals surface area contributed by atoms with Crippen LogP contribution in [0, 0.1) is 0 Å². The number of fused-ring (bicyclic) bond motifs is 3. The number of pyridine rings is 1. The van der Waals surface area contributed by atoms with Gasteiger partial charge in [-0.05, 0) is 49.9 Å². The SMILES string of the molecule is COC/C=C/C(=O)N1C2CCC1(c1nc(-c3ccc(C(=O)Nc4ccccn4)cc3)c3c(N)nccn13)CC2. The van der Waals surface area contributed by atoms with Crippen LogP contribution in [0.25, 0.3) is 16.8 Å². The van der Waals surface area contributed by atoms with Crippen molar-refractivity contribution in [3.8, 4) is 11.3 Å². The van der Waals surface area contributed by atoms with Gasteiger partial charge in [-0.25, -0.2) is 15.0 Å². The number of carbonyl (C=O) groups is 2. The molecule has 2 aliphatic rings. The molecular weight excluding hydrogens is 494 g/mol. The Kier molecular flexibility index (Phi) is 6.32. The minimum Gasteiger partial charge on any atom is -0.382 e. The van der Waals surface area contributed by atoms with Crippen molar-refractivity contribution in [2.24, 2.45) is 0 Å². The number of amides is 2. The van der Waals surface area contributed by atoms with Crippen LogP contribution in [0.4, 0.5) is 11.6 Å². The Morgan fingerprint density at radius 1 is 1.13 bits per heavy atom. The van der Waals surface area contributed by atoms with E-state index in [0.29, 0.717) is 35.0 Å². The summed E-state index contributed by atoms with van der Waals surface area (Å²) in [6.07, 6.45) is 12.0. The van der Waals surface area contributed by atoms with Crippen molar-refractivity contribution in [1.29, 1.82) is 0 Å². The number of rotatable bonds is 7. The first-order valence-electron chi connectivity index (χ1n) is 13.0. The average molecular weight is 524 g/mol. The highest BCUT2D eigenvalue weighted by Gasteiger charge is 2.56. The van der Waals surface area contributed by atoms with Crippen LogP contribution < -0.4 is 11.1 Å². The molecule has 2 bridgehead atoms. The third kappa shape index (κ3) is 4.22. The maximum atomic E-state index is 13.3. The molecule has 2 aliphatic heterocycles. The summed E-state index contributed by atoms with van der Waals surface area (Å²) in [4.78, 5) is 41.7. The average Bonchev–Trinajstić information content (AvgIpc) is 3.65. The van der Waals surface area contributed by atoms with Crippen molar-refractivity contribution in [1.82, 2.24) is 24.3 Å². The van der Waals surface area contributed by atoms with Crippen molar-refractivity contribution in [2.75, 3.05) is 24.8 Å². The maximum Gasteiger partial charge on any atom is 0.256 e. The van der Waals surface area contributed by atoms with Gasteiger partial charge in [-0.2, -0.15) is 0 Å². The number of hydrogen-bond donors (Lipinski definition) is 2. The number of hydrogen-bond acceptors (Lipinski definition) is 7. The number of imidazole rings is 1. The van der Waals surface area contributed by atoms with Crippen LogP contribution in [-0.2, 0) is 15.1 Å². The zero-order chi connectivity index (χ0) is 27.0. The van der Waals surface area contributed by atoms with Gasteiger partial charge in [0.2, 0.25) is 5.91 Å². The Morgan fingerprint density at radius 2 is 1.92 bits per heavy atom. The first kappa shape index (κ1) is 24.7. The Morgan fingerprint density at radius 3 is 2.64 bits per heavy atom. The van der Waals surface area contributed by atoms with Crippen molar-refractivity contribution < 1.29 is 14.3 Å². The van der Waals surface area contributed by atoms with E-state index in [1.807, 2.05) is 33.7 Å². The highest BCUT2D eigenvalue weighted by atomic mass is 16.5. The number of carbonyl (C=O) groups excluding carboxylic acids is 2. The zero-order valence-corrected chi connectivity index (χ0v) is 21.6. The van der Waals surface area contributed by atoms with Crippen molar-refractivity contribution in [3.63, 3.8) is 0 Å². The fourth-order valence-corrected chi connectivity index (χ4v) is 5.97. The molecule has 2 amide bonds. The second-order valence-corrected chi connectivity index (χ2v) is 9.89. The quantitative estimate of drug-likeness (QED) is 0.353. The number of aromatic nitrogens is 4. The smallest absolute Gasteiger partial charge is 0.256 e. The lowest BCUT2D eigenvalue weighted by Crippen LogP contribution is -2.43. The van der Waals surface area contributed by atoms with E-state index >= 15 is 0 Å². The van der Waals surface area contributed by atoms with Crippen LogP contribution in [0.2, 0.25) is 0 Å². The van der Waals surface area contributed by atoms with Gasteiger partial charge in [-0.3, -0.25) is 14.0 Å². The van der Waals surface area contributed by atoms with Gasteiger partial charge in [0.15, 0.2) is 0 Å². The Hall–Kier alpha value is -4.57. The lowest BCUT2D eigenvalue weighted by molar-refractivity contribution is -0.130. The molecule has 198 valence electrons. The van der Waals surface area contributed by atoms with Gasteiger partial charge in [-0.1, -0.05) is 24.3 Å². The summed E-state index contributed by atoms with van der Waals surface area (Å²) in [7, 11) is 1.60. The van der Waals surface area contributed by atoms with Crippen molar-refractivity contribution >= 4 is 29.0 Å². The first-order chi connectivity index (χ1) is 19.0. The van der Waals surface area contributed by atoms with Crippen LogP contribution in [0.1, 0.15) is 41.9 Å². The van der Waals surface area contributed by atoms with Gasteiger partial charge in [0, 0.05) is 48.9 Å². The largest absolute Gasteiger partial charge is 0.382 e. The summed E-state index contributed by atoms with van der Waals surface area (Å²) in [5.74, 6) is 1.33. The summed E-state index contributed by atoms with van der Waals surface area (Å²) in [6, 6.07) is 12.7. The molecule has 0 saturated carbocycles. The molecular formula is C29H29N7O3. The predicted molar refractivity (Wildman–Crippen MR) is 147 cm³/mol. The van der Waals surface area contributed by atoms with Crippen LogP contribution in [0.3, 0.4) is 0 Å². The normalized spacial score (nSPS) is 20.2. The summed E-state index contributed by atoms with van der Waals surface area (Å²) in [5.41, 5.74) is 8.51. The molecule has 5 heterocycles. The molecule has 0 atom stereocenters. The van der Waals surface area contributed by atoms with Crippen molar-refractivity contribution in [2.45, 2.75) is 37.3 Å². The van der Waals surface area contributed by atoms with E-state index < -0.39 is 5.54 Å². The summed E-state index contributed by atoms with van der Waals surface area (Å²) in [6.45, 7) is 0.381. The van der Waals surface area contributed by atoms with Gasteiger partial charge in [-0.15, -0.1) is 0 Å². The third-order valence-corrected chi connectivity index (χ3v) is 7.70.